The number of nitrogens with one attached hydrogen (secondary N) is 2. The first-order valence-electron chi connectivity index (χ1n) is 9.40. The number of amides is 2. The Labute approximate surface area is 172 Å². The van der Waals surface area contributed by atoms with Crippen LogP contribution in [0.3, 0.4) is 0 Å². The number of aromatic nitrogens is 3. The van der Waals surface area contributed by atoms with Crippen molar-refractivity contribution in [3.05, 3.63) is 90.6 Å². The van der Waals surface area contributed by atoms with Crippen LogP contribution in [-0.2, 0) is 11.2 Å². The van der Waals surface area contributed by atoms with Crippen LogP contribution in [0.4, 0.5) is 0 Å². The monoisotopic (exact) mass is 401 g/mol. The summed E-state index contributed by atoms with van der Waals surface area (Å²) in [6, 6.07) is 20.3. The summed E-state index contributed by atoms with van der Waals surface area (Å²) >= 11 is 0. The van der Waals surface area contributed by atoms with Crippen LogP contribution in [0.15, 0.2) is 83.6 Å². The van der Waals surface area contributed by atoms with Crippen molar-refractivity contribution in [3.63, 3.8) is 0 Å². The van der Waals surface area contributed by atoms with Crippen LogP contribution < -0.4 is 10.9 Å². The third-order valence-electron chi connectivity index (χ3n) is 4.41. The molecule has 2 amide bonds. The van der Waals surface area contributed by atoms with Gasteiger partial charge in [0, 0.05) is 30.8 Å². The van der Waals surface area contributed by atoms with Gasteiger partial charge in [0.25, 0.3) is 5.91 Å². The Bertz CT molecular complexity index is 1140. The maximum Gasteiger partial charge on any atom is 0.271 e. The van der Waals surface area contributed by atoms with Gasteiger partial charge in [0.15, 0.2) is 0 Å². The Balaban J connectivity index is 1.31. The summed E-state index contributed by atoms with van der Waals surface area (Å²) in [7, 11) is 0. The fourth-order valence-electron chi connectivity index (χ4n) is 2.92. The van der Waals surface area contributed by atoms with Gasteiger partial charge in [-0.2, -0.15) is 4.98 Å². The summed E-state index contributed by atoms with van der Waals surface area (Å²) in [6.45, 7) is 0. The molecule has 150 valence electrons. The van der Waals surface area contributed by atoms with Gasteiger partial charge in [-0.15, -0.1) is 0 Å². The summed E-state index contributed by atoms with van der Waals surface area (Å²) in [5.41, 5.74) is 6.87. The first kappa shape index (κ1) is 19.1. The predicted molar refractivity (Wildman–Crippen MR) is 109 cm³/mol. The van der Waals surface area contributed by atoms with Crippen LogP contribution in [0.2, 0.25) is 0 Å². The summed E-state index contributed by atoms with van der Waals surface area (Å²) in [5.74, 6) is 0.0623. The minimum Gasteiger partial charge on any atom is -0.339 e. The highest BCUT2D eigenvalue weighted by Crippen LogP contribution is 2.16. The zero-order valence-corrected chi connectivity index (χ0v) is 16.0. The number of para-hydroxylation sites is 1. The predicted octanol–water partition coefficient (Wildman–Crippen LogP) is 2.92. The maximum absolute atomic E-state index is 12.5. The van der Waals surface area contributed by atoms with Crippen LogP contribution in [0.1, 0.15) is 22.7 Å². The molecule has 4 rings (SSSR count). The molecule has 0 saturated carbocycles. The van der Waals surface area contributed by atoms with Crippen LogP contribution in [-0.4, -0.2) is 26.5 Å². The van der Waals surface area contributed by atoms with Gasteiger partial charge in [-0.3, -0.25) is 20.4 Å². The van der Waals surface area contributed by atoms with Crippen LogP contribution in [0.5, 0.6) is 0 Å². The molecule has 8 heteroatoms. The zero-order valence-electron chi connectivity index (χ0n) is 16.0. The van der Waals surface area contributed by atoms with E-state index in [1.54, 1.807) is 12.1 Å². The molecule has 0 aliphatic rings. The van der Waals surface area contributed by atoms with Crippen LogP contribution in [0.25, 0.3) is 17.1 Å². The second kappa shape index (κ2) is 8.87. The first-order valence-corrected chi connectivity index (χ1v) is 9.40. The molecule has 2 heterocycles. The number of nitrogens with zero attached hydrogens (tertiary/aromatic N) is 3. The lowest BCUT2D eigenvalue weighted by atomic mass is 10.1. The Morgan fingerprint density at radius 2 is 1.63 bits per heavy atom. The van der Waals surface area contributed by atoms with E-state index >= 15 is 0 Å². The summed E-state index contributed by atoms with van der Waals surface area (Å²) in [6.07, 6.45) is 4.05. The minimum absolute atomic E-state index is 0.0932. The number of benzene rings is 2. The van der Waals surface area contributed by atoms with E-state index in [-0.39, 0.29) is 18.7 Å². The maximum atomic E-state index is 12.5. The van der Waals surface area contributed by atoms with E-state index in [0.717, 1.165) is 5.56 Å². The fraction of sp³-hybridized carbons (Fsp3) is 0.0909. The summed E-state index contributed by atoms with van der Waals surface area (Å²) in [5, 5.41) is 3.92. The molecule has 0 spiro atoms. The highest BCUT2D eigenvalue weighted by atomic mass is 16.5. The highest BCUT2D eigenvalue weighted by Gasteiger charge is 2.14. The largest absolute Gasteiger partial charge is 0.339 e. The van der Waals surface area contributed by atoms with Gasteiger partial charge in [0.05, 0.1) is 11.3 Å². The fourth-order valence-corrected chi connectivity index (χ4v) is 2.92. The second-order valence-electron chi connectivity index (χ2n) is 6.49. The lowest BCUT2D eigenvalue weighted by Gasteiger charge is -2.11. The van der Waals surface area contributed by atoms with Gasteiger partial charge >= 0.3 is 0 Å². The molecule has 4 aromatic rings. The smallest absolute Gasteiger partial charge is 0.271 e. The van der Waals surface area contributed by atoms with E-state index in [9.17, 15) is 9.59 Å². The Morgan fingerprint density at radius 1 is 0.900 bits per heavy atom. The zero-order chi connectivity index (χ0) is 20.8. The van der Waals surface area contributed by atoms with E-state index < -0.39 is 5.91 Å². The molecule has 8 nitrogen and oxygen atoms in total. The molecule has 30 heavy (non-hydrogen) atoms. The molecule has 0 aliphatic carbocycles. The number of hydrogen-bond acceptors (Lipinski definition) is 5. The molecule has 2 N–H and O–H groups in total. The van der Waals surface area contributed by atoms with E-state index in [0.29, 0.717) is 23.0 Å². The Hall–Kier alpha value is -4.20. The van der Waals surface area contributed by atoms with E-state index in [4.69, 9.17) is 4.52 Å². The molecule has 0 saturated heterocycles. The van der Waals surface area contributed by atoms with E-state index in [1.165, 1.54) is 0 Å². The molecular formula is C22H19N5O3. The van der Waals surface area contributed by atoms with Crippen molar-refractivity contribution < 1.29 is 14.1 Å². The number of hydrazine groups is 1. The van der Waals surface area contributed by atoms with Crippen molar-refractivity contribution in [3.8, 4) is 17.1 Å². The topological polar surface area (TPSA) is 102 Å². The Kier molecular flexibility index (Phi) is 5.66. The first-order chi connectivity index (χ1) is 14.7. The van der Waals surface area contributed by atoms with Crippen molar-refractivity contribution in [2.24, 2.45) is 0 Å². The molecule has 0 fully saturated rings. The van der Waals surface area contributed by atoms with Gasteiger partial charge in [-0.05, 0) is 24.3 Å². The average Bonchev–Trinajstić information content (AvgIpc) is 3.49. The number of aryl methyl sites for hydroxylation is 1. The molecule has 2 aromatic heterocycles. The van der Waals surface area contributed by atoms with E-state index in [1.807, 2.05) is 71.6 Å². The van der Waals surface area contributed by atoms with Gasteiger partial charge in [0.1, 0.15) is 0 Å². The van der Waals surface area contributed by atoms with Gasteiger partial charge in [-0.1, -0.05) is 47.6 Å². The molecule has 0 atom stereocenters. The number of carbonyl (C=O) groups excluding carboxylic acids is 2. The van der Waals surface area contributed by atoms with Crippen molar-refractivity contribution in [2.45, 2.75) is 12.8 Å². The number of hydrogen-bond donors (Lipinski definition) is 2. The van der Waals surface area contributed by atoms with Crippen molar-refractivity contribution >= 4 is 11.8 Å². The highest BCUT2D eigenvalue weighted by molar-refractivity contribution is 5.98. The summed E-state index contributed by atoms with van der Waals surface area (Å²) < 4.78 is 7.02. The average molecular weight is 401 g/mol. The molecule has 0 unspecified atom stereocenters. The van der Waals surface area contributed by atoms with Gasteiger partial charge < -0.3 is 9.09 Å². The molecule has 2 aromatic carbocycles. The lowest BCUT2D eigenvalue weighted by Crippen LogP contribution is -2.42. The van der Waals surface area contributed by atoms with Crippen molar-refractivity contribution in [1.29, 1.82) is 0 Å². The third kappa shape index (κ3) is 4.44. The van der Waals surface area contributed by atoms with E-state index in [2.05, 4.69) is 21.0 Å². The quantitative estimate of drug-likeness (QED) is 0.484. The third-order valence-corrected chi connectivity index (χ3v) is 4.41. The second-order valence-corrected chi connectivity index (χ2v) is 6.49. The van der Waals surface area contributed by atoms with Crippen LogP contribution >= 0.6 is 0 Å². The molecule has 0 bridgehead atoms. The SMILES string of the molecule is O=C(CCc1nc(-c2ccccc2)no1)NNC(=O)c1ccccc1-n1cccc1. The number of rotatable bonds is 6. The standard InChI is InChI=1S/C22H19N5O3/c28-19(12-13-20-23-21(26-30-20)16-8-2-1-3-9-16)24-25-22(29)17-10-4-5-11-18(17)27-14-6-7-15-27/h1-11,14-15H,12-13H2,(H,24,28)(H,25,29). The molecule has 0 radical (unpaired) electrons. The normalized spacial score (nSPS) is 10.5. The van der Waals surface area contributed by atoms with Gasteiger partial charge in [0.2, 0.25) is 17.6 Å². The van der Waals surface area contributed by atoms with Crippen molar-refractivity contribution in [2.75, 3.05) is 0 Å². The van der Waals surface area contributed by atoms with Crippen LogP contribution in [0, 0.1) is 0 Å². The molecule has 0 aliphatic heterocycles. The lowest BCUT2D eigenvalue weighted by molar-refractivity contribution is -0.121. The molecular weight excluding hydrogens is 382 g/mol. The van der Waals surface area contributed by atoms with Crippen molar-refractivity contribution in [1.82, 2.24) is 25.6 Å². The minimum atomic E-state index is -0.406. The summed E-state index contributed by atoms with van der Waals surface area (Å²) in [4.78, 5) is 28.9. The Morgan fingerprint density at radius 3 is 2.43 bits per heavy atom. The number of carbonyl (C=O) groups is 2. The van der Waals surface area contributed by atoms with Gasteiger partial charge in [-0.25, -0.2) is 0 Å².